The third kappa shape index (κ3) is 3.68. The topological polar surface area (TPSA) is 59.0 Å². The number of carbonyl (C=O) groups is 1. The average molecular weight is 395 g/mol. The number of halogens is 1. The SMILES string of the molecule is CC(C)c1c(C(=O)NCc2ccc3c(c2)CNC3)cnn1-c1cccc(Cl)c1. The summed E-state index contributed by atoms with van der Waals surface area (Å²) in [5.41, 5.74) is 6.06. The summed E-state index contributed by atoms with van der Waals surface area (Å²) in [4.78, 5) is 12.9. The molecule has 2 N–H and O–H groups in total. The maximum absolute atomic E-state index is 12.9. The largest absolute Gasteiger partial charge is 0.348 e. The number of amides is 1. The molecule has 144 valence electrons. The van der Waals surface area contributed by atoms with E-state index in [-0.39, 0.29) is 11.8 Å². The fourth-order valence-corrected chi connectivity index (χ4v) is 3.82. The summed E-state index contributed by atoms with van der Waals surface area (Å²) >= 11 is 6.13. The molecule has 0 bridgehead atoms. The van der Waals surface area contributed by atoms with E-state index in [0.717, 1.165) is 30.0 Å². The normalized spacial score (nSPS) is 13.0. The van der Waals surface area contributed by atoms with Crippen LogP contribution in [0.2, 0.25) is 5.02 Å². The lowest BCUT2D eigenvalue weighted by atomic mass is 10.0. The molecule has 0 spiro atoms. The van der Waals surface area contributed by atoms with E-state index in [1.165, 1.54) is 11.1 Å². The number of hydrogen-bond donors (Lipinski definition) is 2. The van der Waals surface area contributed by atoms with Gasteiger partial charge in [0.1, 0.15) is 0 Å². The zero-order valence-electron chi connectivity index (χ0n) is 16.0. The Labute approximate surface area is 169 Å². The van der Waals surface area contributed by atoms with Crippen LogP contribution < -0.4 is 10.6 Å². The molecule has 4 rings (SSSR count). The highest BCUT2D eigenvalue weighted by Gasteiger charge is 2.21. The molecule has 0 radical (unpaired) electrons. The van der Waals surface area contributed by atoms with Crippen molar-refractivity contribution in [2.75, 3.05) is 0 Å². The van der Waals surface area contributed by atoms with Crippen LogP contribution in [0.25, 0.3) is 5.69 Å². The Bertz CT molecular complexity index is 1030. The minimum absolute atomic E-state index is 0.115. The van der Waals surface area contributed by atoms with Crippen LogP contribution in [0.1, 0.15) is 52.5 Å². The predicted molar refractivity (Wildman–Crippen MR) is 111 cm³/mol. The summed E-state index contributed by atoms with van der Waals surface area (Å²) in [5, 5.41) is 11.5. The van der Waals surface area contributed by atoms with Gasteiger partial charge in [0.2, 0.25) is 0 Å². The van der Waals surface area contributed by atoms with Crippen molar-refractivity contribution in [3.8, 4) is 5.69 Å². The number of aromatic nitrogens is 2. The van der Waals surface area contributed by atoms with Crippen LogP contribution in [0.4, 0.5) is 0 Å². The lowest BCUT2D eigenvalue weighted by molar-refractivity contribution is 0.0949. The number of rotatable bonds is 5. The Balaban J connectivity index is 1.56. The van der Waals surface area contributed by atoms with E-state index in [0.29, 0.717) is 17.1 Å². The van der Waals surface area contributed by atoms with E-state index in [1.54, 1.807) is 10.9 Å². The molecule has 5 nitrogen and oxygen atoms in total. The van der Waals surface area contributed by atoms with Gasteiger partial charge in [0.15, 0.2) is 0 Å². The predicted octanol–water partition coefficient (Wildman–Crippen LogP) is 4.18. The summed E-state index contributed by atoms with van der Waals surface area (Å²) in [5.74, 6) is 0.0175. The first-order valence-electron chi connectivity index (χ1n) is 9.46. The number of nitrogens with one attached hydrogen (secondary N) is 2. The summed E-state index contributed by atoms with van der Waals surface area (Å²) in [6.45, 7) is 6.42. The fourth-order valence-electron chi connectivity index (χ4n) is 3.64. The van der Waals surface area contributed by atoms with E-state index in [1.807, 2.05) is 24.3 Å². The Hall–Kier alpha value is -2.63. The lowest BCUT2D eigenvalue weighted by Crippen LogP contribution is -2.24. The zero-order valence-corrected chi connectivity index (χ0v) is 16.8. The first kappa shape index (κ1) is 18.7. The van der Waals surface area contributed by atoms with Gasteiger partial charge in [0, 0.05) is 24.7 Å². The second-order valence-corrected chi connectivity index (χ2v) is 7.82. The minimum Gasteiger partial charge on any atom is -0.348 e. The molecule has 2 aromatic carbocycles. The number of benzene rings is 2. The first-order valence-corrected chi connectivity index (χ1v) is 9.84. The van der Waals surface area contributed by atoms with Crippen molar-refractivity contribution in [2.45, 2.75) is 39.4 Å². The molecule has 3 aromatic rings. The lowest BCUT2D eigenvalue weighted by Gasteiger charge is -2.13. The molecule has 6 heteroatoms. The van der Waals surface area contributed by atoms with E-state index >= 15 is 0 Å². The van der Waals surface area contributed by atoms with Gasteiger partial charge in [-0.2, -0.15) is 5.10 Å². The molecule has 0 fully saturated rings. The van der Waals surface area contributed by atoms with E-state index in [4.69, 9.17) is 11.6 Å². The minimum atomic E-state index is -0.115. The van der Waals surface area contributed by atoms with Crippen molar-refractivity contribution >= 4 is 17.5 Å². The van der Waals surface area contributed by atoms with Crippen LogP contribution >= 0.6 is 11.6 Å². The Morgan fingerprint density at radius 2 is 2.04 bits per heavy atom. The average Bonchev–Trinajstić information content (AvgIpc) is 3.32. The van der Waals surface area contributed by atoms with Gasteiger partial charge in [0.25, 0.3) is 5.91 Å². The van der Waals surface area contributed by atoms with Gasteiger partial charge >= 0.3 is 0 Å². The highest BCUT2D eigenvalue weighted by atomic mass is 35.5. The van der Waals surface area contributed by atoms with Gasteiger partial charge in [-0.15, -0.1) is 0 Å². The summed E-state index contributed by atoms with van der Waals surface area (Å²) < 4.78 is 1.80. The zero-order chi connectivity index (χ0) is 19.7. The quantitative estimate of drug-likeness (QED) is 0.682. The van der Waals surface area contributed by atoms with Crippen molar-refractivity contribution in [3.05, 3.63) is 81.6 Å². The van der Waals surface area contributed by atoms with Crippen molar-refractivity contribution in [1.82, 2.24) is 20.4 Å². The summed E-state index contributed by atoms with van der Waals surface area (Å²) in [6.07, 6.45) is 1.64. The monoisotopic (exact) mass is 394 g/mol. The van der Waals surface area contributed by atoms with E-state index in [9.17, 15) is 4.79 Å². The molecular formula is C22H23ClN4O. The maximum atomic E-state index is 12.9. The third-order valence-corrected chi connectivity index (χ3v) is 5.24. The molecule has 1 amide bonds. The van der Waals surface area contributed by atoms with Crippen LogP contribution in [0.5, 0.6) is 0 Å². The molecule has 0 saturated carbocycles. The second kappa shape index (κ2) is 7.78. The van der Waals surface area contributed by atoms with Gasteiger partial charge in [-0.1, -0.05) is 49.7 Å². The van der Waals surface area contributed by atoms with Crippen LogP contribution in [0.15, 0.2) is 48.7 Å². The third-order valence-electron chi connectivity index (χ3n) is 5.01. The van der Waals surface area contributed by atoms with Gasteiger partial charge in [-0.3, -0.25) is 4.79 Å². The van der Waals surface area contributed by atoms with E-state index in [2.05, 4.69) is 47.8 Å². The van der Waals surface area contributed by atoms with Gasteiger partial charge < -0.3 is 10.6 Å². The van der Waals surface area contributed by atoms with Gasteiger partial charge in [-0.05, 0) is 40.8 Å². The molecule has 2 heterocycles. The molecular weight excluding hydrogens is 372 g/mol. The molecule has 0 unspecified atom stereocenters. The highest BCUT2D eigenvalue weighted by Crippen LogP contribution is 2.25. The molecule has 1 aliphatic heterocycles. The second-order valence-electron chi connectivity index (χ2n) is 7.38. The highest BCUT2D eigenvalue weighted by molar-refractivity contribution is 6.30. The smallest absolute Gasteiger partial charge is 0.255 e. The summed E-state index contributed by atoms with van der Waals surface area (Å²) in [6, 6.07) is 13.9. The number of fused-ring (bicyclic) bond motifs is 1. The molecule has 0 atom stereocenters. The van der Waals surface area contributed by atoms with Crippen LogP contribution in [-0.2, 0) is 19.6 Å². The molecule has 1 aromatic heterocycles. The standard InChI is InChI=1S/C22H23ClN4O/c1-14(2)21-20(13-26-27(21)19-5-3-4-18(23)9-19)22(28)25-10-15-6-7-16-11-24-12-17(16)8-15/h3-9,13-14,24H,10-12H2,1-2H3,(H,25,28). The first-order chi connectivity index (χ1) is 13.5. The van der Waals surface area contributed by atoms with Gasteiger partial charge in [0.05, 0.1) is 23.1 Å². The van der Waals surface area contributed by atoms with Crippen molar-refractivity contribution in [3.63, 3.8) is 0 Å². The number of hydrogen-bond acceptors (Lipinski definition) is 3. The van der Waals surface area contributed by atoms with Crippen LogP contribution in [-0.4, -0.2) is 15.7 Å². The van der Waals surface area contributed by atoms with Crippen LogP contribution in [0.3, 0.4) is 0 Å². The molecule has 28 heavy (non-hydrogen) atoms. The Morgan fingerprint density at radius 3 is 2.82 bits per heavy atom. The van der Waals surface area contributed by atoms with Gasteiger partial charge in [-0.25, -0.2) is 4.68 Å². The van der Waals surface area contributed by atoms with Crippen LogP contribution in [0, 0.1) is 0 Å². The maximum Gasteiger partial charge on any atom is 0.255 e. The molecule has 0 saturated heterocycles. The fraction of sp³-hybridized carbons (Fsp3) is 0.273. The Morgan fingerprint density at radius 1 is 1.21 bits per heavy atom. The van der Waals surface area contributed by atoms with Crippen molar-refractivity contribution in [2.24, 2.45) is 0 Å². The van der Waals surface area contributed by atoms with Crippen molar-refractivity contribution < 1.29 is 4.79 Å². The molecule has 0 aliphatic carbocycles. The Kier molecular flexibility index (Phi) is 5.20. The molecule has 1 aliphatic rings. The number of carbonyl (C=O) groups excluding carboxylic acids is 1. The van der Waals surface area contributed by atoms with E-state index < -0.39 is 0 Å². The summed E-state index contributed by atoms with van der Waals surface area (Å²) in [7, 11) is 0. The number of nitrogens with zero attached hydrogens (tertiary/aromatic N) is 2. The van der Waals surface area contributed by atoms with Crippen molar-refractivity contribution in [1.29, 1.82) is 0 Å².